The van der Waals surface area contributed by atoms with Gasteiger partial charge in [-0.2, -0.15) is 0 Å². The van der Waals surface area contributed by atoms with E-state index in [1.165, 1.54) is 29.0 Å². The summed E-state index contributed by atoms with van der Waals surface area (Å²) in [5, 5.41) is 2.94. The van der Waals surface area contributed by atoms with Crippen molar-refractivity contribution in [2.75, 3.05) is 32.6 Å². The molecule has 200 valence electrons. The van der Waals surface area contributed by atoms with Crippen LogP contribution >= 0.6 is 0 Å². The molecule has 0 aliphatic carbocycles. The lowest BCUT2D eigenvalue weighted by atomic mass is 9.98. The molecule has 39 heavy (non-hydrogen) atoms. The van der Waals surface area contributed by atoms with Crippen LogP contribution in [0.4, 0.5) is 5.69 Å². The summed E-state index contributed by atoms with van der Waals surface area (Å²) in [7, 11) is 3.32. The van der Waals surface area contributed by atoms with Crippen molar-refractivity contribution in [3.63, 3.8) is 0 Å². The van der Waals surface area contributed by atoms with Gasteiger partial charge < -0.3 is 24.9 Å². The highest BCUT2D eigenvalue weighted by atomic mass is 16.5. The van der Waals surface area contributed by atoms with Crippen LogP contribution in [0.3, 0.4) is 0 Å². The molecule has 1 aliphatic rings. The number of primary amides is 1. The average Bonchev–Trinajstić information content (AvgIpc) is 3.46. The monoisotopic (exact) mass is 525 g/mol. The minimum absolute atomic E-state index is 0.232. The summed E-state index contributed by atoms with van der Waals surface area (Å²) in [5.41, 5.74) is 11.0. The van der Waals surface area contributed by atoms with Crippen LogP contribution in [-0.2, 0) is 19.4 Å². The molecule has 0 atom stereocenters. The number of nitrogens with zero attached hydrogens (tertiary/aromatic N) is 1. The van der Waals surface area contributed by atoms with Gasteiger partial charge in [-0.3, -0.25) is 14.5 Å². The largest absolute Gasteiger partial charge is 0.493 e. The minimum Gasteiger partial charge on any atom is -0.493 e. The zero-order valence-corrected chi connectivity index (χ0v) is 22.0. The first-order chi connectivity index (χ1) is 19.0. The molecule has 0 radical (unpaired) electrons. The molecule has 3 aromatic carbocycles. The lowest BCUT2D eigenvalue weighted by Crippen LogP contribution is -2.32. The Hall–Kier alpha value is -4.56. The van der Waals surface area contributed by atoms with Crippen molar-refractivity contribution < 1.29 is 23.5 Å². The highest BCUT2D eigenvalue weighted by Gasteiger charge is 2.21. The molecule has 8 nitrogen and oxygen atoms in total. The number of carbonyl (C=O) groups is 2. The van der Waals surface area contributed by atoms with Crippen molar-refractivity contribution in [2.24, 2.45) is 5.73 Å². The van der Waals surface area contributed by atoms with Gasteiger partial charge in [-0.15, -0.1) is 0 Å². The Labute approximate surface area is 227 Å². The summed E-state index contributed by atoms with van der Waals surface area (Å²) in [6.07, 6.45) is 3.26. The molecular weight excluding hydrogens is 494 g/mol. The number of nitrogens with one attached hydrogen (secondary N) is 1. The highest BCUT2D eigenvalue weighted by Crippen LogP contribution is 2.33. The van der Waals surface area contributed by atoms with E-state index in [0.717, 1.165) is 44.0 Å². The van der Waals surface area contributed by atoms with Crippen molar-refractivity contribution in [1.29, 1.82) is 0 Å². The second-order valence-electron chi connectivity index (χ2n) is 9.48. The zero-order chi connectivity index (χ0) is 27.4. The van der Waals surface area contributed by atoms with Gasteiger partial charge in [0.1, 0.15) is 5.76 Å². The second kappa shape index (κ2) is 11.4. The smallest absolute Gasteiger partial charge is 0.256 e. The summed E-state index contributed by atoms with van der Waals surface area (Å²) < 4.78 is 16.4. The fourth-order valence-corrected chi connectivity index (χ4v) is 4.96. The maximum atomic E-state index is 13.1. The second-order valence-corrected chi connectivity index (χ2v) is 9.48. The van der Waals surface area contributed by atoms with Crippen molar-refractivity contribution in [2.45, 2.75) is 19.4 Å². The fraction of sp³-hybridized carbons (Fsp3) is 0.226. The van der Waals surface area contributed by atoms with E-state index in [2.05, 4.69) is 22.3 Å². The summed E-state index contributed by atoms with van der Waals surface area (Å²) in [6.45, 7) is 2.79. The number of furan rings is 1. The topological polar surface area (TPSA) is 107 Å². The van der Waals surface area contributed by atoms with Crippen LogP contribution in [0.25, 0.3) is 11.3 Å². The Bertz CT molecular complexity index is 1490. The quantitative estimate of drug-likeness (QED) is 0.321. The molecule has 0 fully saturated rings. The predicted octanol–water partition coefficient (Wildman–Crippen LogP) is 4.92. The van der Waals surface area contributed by atoms with E-state index >= 15 is 0 Å². The van der Waals surface area contributed by atoms with E-state index in [0.29, 0.717) is 16.8 Å². The van der Waals surface area contributed by atoms with Crippen molar-refractivity contribution in [1.82, 2.24) is 4.90 Å². The standard InChI is InChI=1S/C31H31N3O5/c1-37-27-17-21-12-15-34(19-22(21)18-28(27)38-2)14-11-20-7-9-23(10-8-20)33-31(36)25-6-4-3-5-24(25)29-26(30(32)35)13-16-39-29/h3-10,13,16-18H,11-12,14-15,19H2,1-2H3,(H2,32,35)(H,33,36). The van der Waals surface area contributed by atoms with Crippen molar-refractivity contribution >= 4 is 17.5 Å². The van der Waals surface area contributed by atoms with E-state index in [4.69, 9.17) is 19.6 Å². The Morgan fingerprint density at radius 2 is 1.67 bits per heavy atom. The van der Waals surface area contributed by atoms with Crippen LogP contribution in [-0.4, -0.2) is 44.0 Å². The first kappa shape index (κ1) is 26.1. The van der Waals surface area contributed by atoms with Gasteiger partial charge in [0.2, 0.25) is 0 Å². The van der Waals surface area contributed by atoms with E-state index in [-0.39, 0.29) is 17.2 Å². The molecular formula is C31H31N3O5. The van der Waals surface area contributed by atoms with Gasteiger partial charge in [-0.1, -0.05) is 30.3 Å². The third kappa shape index (κ3) is 5.66. The van der Waals surface area contributed by atoms with Crippen LogP contribution in [0, 0.1) is 0 Å². The SMILES string of the molecule is COc1cc2c(cc1OC)CN(CCc1ccc(NC(=O)c3ccccc3-c3occc3C(N)=O)cc1)CC2. The summed E-state index contributed by atoms with van der Waals surface area (Å²) in [4.78, 5) is 27.3. The number of ether oxygens (including phenoxy) is 2. The van der Waals surface area contributed by atoms with Crippen LogP contribution in [0.5, 0.6) is 11.5 Å². The minimum atomic E-state index is -0.613. The third-order valence-electron chi connectivity index (χ3n) is 7.07. The van der Waals surface area contributed by atoms with Gasteiger partial charge in [-0.05, 0) is 65.9 Å². The number of hydrogen-bond acceptors (Lipinski definition) is 6. The lowest BCUT2D eigenvalue weighted by Gasteiger charge is -2.29. The number of amides is 2. The fourth-order valence-electron chi connectivity index (χ4n) is 4.96. The molecule has 3 N–H and O–H groups in total. The Kier molecular flexibility index (Phi) is 7.65. The summed E-state index contributed by atoms with van der Waals surface area (Å²) in [6, 6.07) is 20.5. The Morgan fingerprint density at radius 3 is 2.38 bits per heavy atom. The van der Waals surface area contributed by atoms with E-state index in [1.807, 2.05) is 24.3 Å². The molecule has 8 heteroatoms. The van der Waals surface area contributed by atoms with Gasteiger partial charge in [-0.25, -0.2) is 0 Å². The van der Waals surface area contributed by atoms with Gasteiger partial charge in [0, 0.05) is 30.9 Å². The number of rotatable bonds is 9. The molecule has 2 heterocycles. The Morgan fingerprint density at radius 1 is 0.949 bits per heavy atom. The van der Waals surface area contributed by atoms with Crippen LogP contribution in [0.2, 0.25) is 0 Å². The molecule has 2 amide bonds. The maximum Gasteiger partial charge on any atom is 0.256 e. The van der Waals surface area contributed by atoms with Crippen molar-refractivity contribution in [3.05, 3.63) is 101 Å². The molecule has 0 bridgehead atoms. The van der Waals surface area contributed by atoms with Crippen LogP contribution in [0.1, 0.15) is 37.4 Å². The number of fused-ring (bicyclic) bond motifs is 1. The van der Waals surface area contributed by atoms with Gasteiger partial charge >= 0.3 is 0 Å². The molecule has 0 spiro atoms. The molecule has 0 saturated carbocycles. The third-order valence-corrected chi connectivity index (χ3v) is 7.07. The van der Waals surface area contributed by atoms with Gasteiger partial charge in [0.15, 0.2) is 11.5 Å². The van der Waals surface area contributed by atoms with Gasteiger partial charge in [0.05, 0.1) is 31.6 Å². The van der Waals surface area contributed by atoms with E-state index < -0.39 is 5.91 Å². The molecule has 0 saturated heterocycles. The number of carbonyl (C=O) groups excluding carboxylic acids is 2. The zero-order valence-electron chi connectivity index (χ0n) is 22.0. The first-order valence-electron chi connectivity index (χ1n) is 12.8. The van der Waals surface area contributed by atoms with Crippen molar-refractivity contribution in [3.8, 4) is 22.8 Å². The first-order valence-corrected chi connectivity index (χ1v) is 12.8. The average molecular weight is 526 g/mol. The molecule has 4 aromatic rings. The number of hydrogen-bond donors (Lipinski definition) is 2. The maximum absolute atomic E-state index is 13.1. The Balaban J connectivity index is 1.21. The van der Waals surface area contributed by atoms with Crippen LogP contribution < -0.4 is 20.5 Å². The number of methoxy groups -OCH3 is 2. The molecule has 5 rings (SSSR count). The summed E-state index contributed by atoms with van der Waals surface area (Å²) >= 11 is 0. The number of anilines is 1. The lowest BCUT2D eigenvalue weighted by molar-refractivity contribution is 0.0996. The van der Waals surface area contributed by atoms with E-state index in [9.17, 15) is 9.59 Å². The number of benzene rings is 3. The van der Waals surface area contributed by atoms with Gasteiger partial charge in [0.25, 0.3) is 11.8 Å². The molecule has 0 unspecified atom stereocenters. The normalized spacial score (nSPS) is 13.0. The predicted molar refractivity (Wildman–Crippen MR) is 149 cm³/mol. The highest BCUT2D eigenvalue weighted by molar-refractivity contribution is 6.10. The van der Waals surface area contributed by atoms with Crippen LogP contribution in [0.15, 0.2) is 77.4 Å². The van der Waals surface area contributed by atoms with E-state index in [1.54, 1.807) is 38.5 Å². The molecule has 1 aliphatic heterocycles. The number of nitrogens with two attached hydrogens (primary N) is 1. The molecule has 1 aromatic heterocycles. The summed E-state index contributed by atoms with van der Waals surface area (Å²) in [5.74, 6) is 0.900.